The molecule has 1 amide bonds. The van der Waals surface area contributed by atoms with Crippen molar-refractivity contribution >= 4 is 25.4 Å². The number of nitrogens with zero attached hydrogens (tertiary/aromatic N) is 1. The molecule has 0 aliphatic carbocycles. The predicted octanol–water partition coefficient (Wildman–Crippen LogP) is 4.35. The number of carbonyl (C=O) groups excluding carboxylic acids is 2. The normalized spacial score (nSPS) is 17.3. The monoisotopic (exact) mass is 477 g/mol. The number of amides is 1. The van der Waals surface area contributed by atoms with Crippen LogP contribution in [0.15, 0.2) is 60.7 Å². The van der Waals surface area contributed by atoms with Crippen LogP contribution in [0, 0.1) is 11.6 Å². The van der Waals surface area contributed by atoms with Crippen molar-refractivity contribution in [3.05, 3.63) is 89.0 Å². The number of cyclic esters (lactones) is 1. The topological polar surface area (TPSA) is 65.1 Å². The standard InChI is InChI=1S/C26H22BF2NO5/c1-15-25(17-11-20(28)13-21(29)12-17)35-26(32)30(15)14-18-10-19(27)6-7-23(18)34-22-5-3-4-16(8-22)9-24(31)33-2/h3-8,10-13,15,25H,9,14H2,1-2H3/t15-,25-/m0/s1. The molecule has 1 heterocycles. The summed E-state index contributed by atoms with van der Waals surface area (Å²) in [6.45, 7) is 1.83. The summed E-state index contributed by atoms with van der Waals surface area (Å²) < 4.78 is 43.7. The average Bonchev–Trinajstić information content (AvgIpc) is 3.09. The van der Waals surface area contributed by atoms with Crippen LogP contribution in [0.5, 0.6) is 11.5 Å². The molecule has 0 unspecified atom stereocenters. The Bertz CT molecular complexity index is 1250. The summed E-state index contributed by atoms with van der Waals surface area (Å²) in [6, 6.07) is 14.6. The molecule has 1 aliphatic heterocycles. The highest BCUT2D eigenvalue weighted by Crippen LogP contribution is 2.35. The van der Waals surface area contributed by atoms with Crippen LogP contribution in [0.3, 0.4) is 0 Å². The highest BCUT2D eigenvalue weighted by atomic mass is 19.1. The van der Waals surface area contributed by atoms with E-state index >= 15 is 0 Å². The Balaban J connectivity index is 1.56. The Morgan fingerprint density at radius 1 is 1.09 bits per heavy atom. The van der Waals surface area contributed by atoms with Gasteiger partial charge in [0.1, 0.15) is 37.1 Å². The summed E-state index contributed by atoms with van der Waals surface area (Å²) in [6.07, 6.45) is -1.37. The first-order valence-corrected chi connectivity index (χ1v) is 10.9. The molecule has 0 N–H and O–H groups in total. The number of rotatable bonds is 7. The van der Waals surface area contributed by atoms with E-state index in [1.807, 2.05) is 0 Å². The maximum atomic E-state index is 13.7. The molecule has 1 aliphatic rings. The molecule has 2 radical (unpaired) electrons. The fraction of sp³-hybridized carbons (Fsp3) is 0.231. The molecule has 9 heteroatoms. The molecule has 3 aromatic rings. The predicted molar refractivity (Wildman–Crippen MR) is 125 cm³/mol. The fourth-order valence-corrected chi connectivity index (χ4v) is 3.99. The summed E-state index contributed by atoms with van der Waals surface area (Å²) >= 11 is 0. The van der Waals surface area contributed by atoms with Gasteiger partial charge < -0.3 is 14.2 Å². The third-order valence-corrected chi connectivity index (χ3v) is 5.73. The van der Waals surface area contributed by atoms with E-state index in [-0.39, 0.29) is 24.5 Å². The lowest BCUT2D eigenvalue weighted by molar-refractivity contribution is -0.139. The number of ether oxygens (including phenoxy) is 3. The Morgan fingerprint density at radius 3 is 2.54 bits per heavy atom. The number of benzene rings is 3. The zero-order valence-electron chi connectivity index (χ0n) is 19.2. The van der Waals surface area contributed by atoms with Crippen LogP contribution < -0.4 is 10.2 Å². The van der Waals surface area contributed by atoms with Crippen molar-refractivity contribution in [2.75, 3.05) is 7.11 Å². The van der Waals surface area contributed by atoms with Crippen molar-refractivity contribution < 1.29 is 32.6 Å². The Labute approximate surface area is 202 Å². The number of hydrogen-bond donors (Lipinski definition) is 0. The van der Waals surface area contributed by atoms with E-state index in [0.29, 0.717) is 28.1 Å². The average molecular weight is 477 g/mol. The second-order valence-electron chi connectivity index (χ2n) is 8.25. The summed E-state index contributed by atoms with van der Waals surface area (Å²) in [4.78, 5) is 25.7. The van der Waals surface area contributed by atoms with E-state index in [1.165, 1.54) is 12.0 Å². The van der Waals surface area contributed by atoms with Crippen LogP contribution in [0.4, 0.5) is 13.6 Å². The van der Waals surface area contributed by atoms with Gasteiger partial charge in [-0.25, -0.2) is 13.6 Å². The van der Waals surface area contributed by atoms with Gasteiger partial charge in [0.2, 0.25) is 0 Å². The summed E-state index contributed by atoms with van der Waals surface area (Å²) in [5.41, 5.74) is 2.03. The first-order chi connectivity index (χ1) is 16.7. The molecule has 178 valence electrons. The van der Waals surface area contributed by atoms with Gasteiger partial charge in [0.05, 0.1) is 26.1 Å². The van der Waals surface area contributed by atoms with Crippen LogP contribution in [0.2, 0.25) is 0 Å². The lowest BCUT2D eigenvalue weighted by Crippen LogP contribution is -2.32. The molecular weight excluding hydrogens is 455 g/mol. The lowest BCUT2D eigenvalue weighted by atomic mass is 9.93. The number of hydrogen-bond acceptors (Lipinski definition) is 5. The minimum absolute atomic E-state index is 0.0938. The van der Waals surface area contributed by atoms with Gasteiger partial charge in [0.15, 0.2) is 0 Å². The lowest BCUT2D eigenvalue weighted by Gasteiger charge is -2.22. The maximum Gasteiger partial charge on any atom is 0.411 e. The van der Waals surface area contributed by atoms with E-state index < -0.39 is 29.9 Å². The summed E-state index contributed by atoms with van der Waals surface area (Å²) in [5.74, 6) is -0.924. The van der Waals surface area contributed by atoms with Crippen molar-refractivity contribution in [1.29, 1.82) is 0 Å². The largest absolute Gasteiger partial charge is 0.469 e. The molecular formula is C26H22BF2NO5. The Kier molecular flexibility index (Phi) is 7.05. The molecule has 0 bridgehead atoms. The zero-order valence-corrected chi connectivity index (χ0v) is 19.2. The van der Waals surface area contributed by atoms with Crippen LogP contribution in [0.1, 0.15) is 29.7 Å². The highest BCUT2D eigenvalue weighted by molar-refractivity contribution is 6.32. The number of halogens is 2. The van der Waals surface area contributed by atoms with Crippen molar-refractivity contribution in [2.24, 2.45) is 0 Å². The fourth-order valence-electron chi connectivity index (χ4n) is 3.99. The van der Waals surface area contributed by atoms with E-state index in [1.54, 1.807) is 49.4 Å². The molecule has 6 nitrogen and oxygen atoms in total. The van der Waals surface area contributed by atoms with Crippen molar-refractivity contribution in [1.82, 2.24) is 4.90 Å². The zero-order chi connectivity index (χ0) is 25.1. The van der Waals surface area contributed by atoms with Gasteiger partial charge in [-0.1, -0.05) is 29.7 Å². The minimum Gasteiger partial charge on any atom is -0.469 e. The van der Waals surface area contributed by atoms with E-state index in [2.05, 4.69) is 0 Å². The number of carbonyl (C=O) groups is 2. The smallest absolute Gasteiger partial charge is 0.411 e. The molecule has 1 fully saturated rings. The maximum absolute atomic E-state index is 13.7. The van der Waals surface area contributed by atoms with Crippen LogP contribution >= 0.6 is 0 Å². The van der Waals surface area contributed by atoms with Gasteiger partial charge in [-0.15, -0.1) is 0 Å². The first-order valence-electron chi connectivity index (χ1n) is 10.9. The third kappa shape index (κ3) is 5.62. The molecule has 3 aromatic carbocycles. The van der Waals surface area contributed by atoms with E-state index in [4.69, 9.17) is 22.1 Å². The number of methoxy groups -OCH3 is 1. The van der Waals surface area contributed by atoms with Crippen LogP contribution in [0.25, 0.3) is 0 Å². The van der Waals surface area contributed by atoms with Crippen molar-refractivity contribution in [2.45, 2.75) is 32.0 Å². The van der Waals surface area contributed by atoms with Crippen molar-refractivity contribution in [3.8, 4) is 11.5 Å². The van der Waals surface area contributed by atoms with Gasteiger partial charge >= 0.3 is 12.1 Å². The third-order valence-electron chi connectivity index (χ3n) is 5.73. The molecule has 0 saturated carbocycles. The van der Waals surface area contributed by atoms with Gasteiger partial charge in [-0.05, 0) is 42.8 Å². The molecule has 1 saturated heterocycles. The molecule has 4 rings (SSSR count). The van der Waals surface area contributed by atoms with Gasteiger partial charge in [-0.3, -0.25) is 9.69 Å². The van der Waals surface area contributed by atoms with Gasteiger partial charge in [-0.2, -0.15) is 0 Å². The second-order valence-corrected chi connectivity index (χ2v) is 8.25. The summed E-state index contributed by atoms with van der Waals surface area (Å²) in [5, 5.41) is 0. The summed E-state index contributed by atoms with van der Waals surface area (Å²) in [7, 11) is 7.31. The van der Waals surface area contributed by atoms with E-state index in [9.17, 15) is 18.4 Å². The molecule has 0 aromatic heterocycles. The molecule has 2 atom stereocenters. The number of esters is 1. The minimum atomic E-state index is -0.840. The first kappa shape index (κ1) is 24.3. The van der Waals surface area contributed by atoms with Crippen LogP contribution in [-0.2, 0) is 27.2 Å². The van der Waals surface area contributed by atoms with Gasteiger partial charge in [0.25, 0.3) is 0 Å². The van der Waals surface area contributed by atoms with E-state index in [0.717, 1.165) is 18.2 Å². The Morgan fingerprint density at radius 2 is 1.83 bits per heavy atom. The molecule has 35 heavy (non-hydrogen) atoms. The van der Waals surface area contributed by atoms with Crippen molar-refractivity contribution in [3.63, 3.8) is 0 Å². The second kappa shape index (κ2) is 10.2. The highest BCUT2D eigenvalue weighted by Gasteiger charge is 2.40. The van der Waals surface area contributed by atoms with Crippen LogP contribution in [-0.4, -0.2) is 38.0 Å². The molecule has 0 spiro atoms. The SMILES string of the molecule is [B]c1ccc(Oc2cccc(CC(=O)OC)c2)c(CN2C(=O)O[C@H](c3cc(F)cc(F)c3)[C@@H]2C)c1. The quantitative estimate of drug-likeness (QED) is 0.374. The Hall–Kier alpha value is -3.88. The van der Waals surface area contributed by atoms with Gasteiger partial charge in [0, 0.05) is 17.2 Å².